The molecule has 72 valence electrons. The topological polar surface area (TPSA) is 26.0 Å². The highest BCUT2D eigenvalue weighted by Crippen LogP contribution is 2.21. The fourth-order valence-electron chi connectivity index (χ4n) is 1.52. The van der Waals surface area contributed by atoms with Crippen molar-refractivity contribution in [2.75, 3.05) is 0 Å². The molecule has 1 aromatic carbocycles. The van der Waals surface area contributed by atoms with Gasteiger partial charge in [-0.15, -0.1) is 0 Å². The van der Waals surface area contributed by atoms with Gasteiger partial charge in [0.05, 0.1) is 0 Å². The Kier molecular flexibility index (Phi) is 3.43. The molecule has 0 unspecified atom stereocenters. The molecular formula is C11H16FN. The van der Waals surface area contributed by atoms with Gasteiger partial charge in [0.25, 0.3) is 0 Å². The van der Waals surface area contributed by atoms with Crippen LogP contribution in [-0.2, 0) is 6.42 Å². The first-order chi connectivity index (χ1) is 6.20. The lowest BCUT2D eigenvalue weighted by molar-refractivity contribution is 0.597. The highest BCUT2D eigenvalue weighted by molar-refractivity contribution is 5.31. The molecule has 0 amide bonds. The lowest BCUT2D eigenvalue weighted by Gasteiger charge is -2.14. The molecule has 0 radical (unpaired) electrons. The van der Waals surface area contributed by atoms with Crippen LogP contribution < -0.4 is 5.73 Å². The average Bonchev–Trinajstić information content (AvgIpc) is 2.16. The zero-order valence-electron chi connectivity index (χ0n) is 8.18. The molecule has 0 aliphatic carbocycles. The van der Waals surface area contributed by atoms with E-state index >= 15 is 0 Å². The van der Waals surface area contributed by atoms with Gasteiger partial charge >= 0.3 is 0 Å². The van der Waals surface area contributed by atoms with Crippen molar-refractivity contribution in [2.24, 2.45) is 5.73 Å². The van der Waals surface area contributed by atoms with Crippen LogP contribution in [-0.4, -0.2) is 0 Å². The van der Waals surface area contributed by atoms with Gasteiger partial charge in [-0.1, -0.05) is 26.0 Å². The zero-order chi connectivity index (χ0) is 9.84. The van der Waals surface area contributed by atoms with E-state index in [9.17, 15) is 4.39 Å². The largest absolute Gasteiger partial charge is 0.324 e. The van der Waals surface area contributed by atoms with E-state index in [1.165, 1.54) is 6.07 Å². The van der Waals surface area contributed by atoms with Crippen LogP contribution in [0.3, 0.4) is 0 Å². The van der Waals surface area contributed by atoms with Crippen LogP contribution in [0.1, 0.15) is 37.4 Å². The SMILES string of the molecule is CCc1c(F)cccc1[C@H](N)CC. The van der Waals surface area contributed by atoms with E-state index in [-0.39, 0.29) is 11.9 Å². The first kappa shape index (κ1) is 10.2. The number of nitrogens with two attached hydrogens (primary N) is 1. The third-order valence-electron chi connectivity index (χ3n) is 2.35. The van der Waals surface area contributed by atoms with Gasteiger partial charge in [-0.05, 0) is 30.0 Å². The van der Waals surface area contributed by atoms with Crippen molar-refractivity contribution in [1.29, 1.82) is 0 Å². The summed E-state index contributed by atoms with van der Waals surface area (Å²) in [5.74, 6) is -0.135. The van der Waals surface area contributed by atoms with Crippen LogP contribution in [0.2, 0.25) is 0 Å². The molecule has 2 N–H and O–H groups in total. The summed E-state index contributed by atoms with van der Waals surface area (Å²) in [6, 6.07) is 5.09. The van der Waals surface area contributed by atoms with Crippen molar-refractivity contribution in [1.82, 2.24) is 0 Å². The van der Waals surface area contributed by atoms with Gasteiger partial charge in [-0.25, -0.2) is 4.39 Å². The standard InChI is InChI=1S/C11H16FN/c1-3-8-9(11(13)4-2)6-5-7-10(8)12/h5-7,11H,3-4,13H2,1-2H3/t11-/m1/s1. The molecule has 0 heterocycles. The summed E-state index contributed by atoms with van der Waals surface area (Å²) in [4.78, 5) is 0. The number of hydrogen-bond acceptors (Lipinski definition) is 1. The van der Waals surface area contributed by atoms with E-state index in [1.807, 2.05) is 19.9 Å². The molecule has 1 nitrogen and oxygen atoms in total. The van der Waals surface area contributed by atoms with Gasteiger partial charge in [0.1, 0.15) is 5.82 Å². The fourth-order valence-corrected chi connectivity index (χ4v) is 1.52. The number of benzene rings is 1. The predicted octanol–water partition coefficient (Wildman–Crippen LogP) is 2.80. The Morgan fingerprint density at radius 1 is 1.38 bits per heavy atom. The molecule has 0 saturated heterocycles. The van der Waals surface area contributed by atoms with Crippen LogP contribution in [0.15, 0.2) is 18.2 Å². The second kappa shape index (κ2) is 4.38. The minimum absolute atomic E-state index is 0.0364. The summed E-state index contributed by atoms with van der Waals surface area (Å²) < 4.78 is 13.3. The van der Waals surface area contributed by atoms with Gasteiger partial charge in [-0.3, -0.25) is 0 Å². The van der Waals surface area contributed by atoms with Crippen LogP contribution in [0.25, 0.3) is 0 Å². The van der Waals surface area contributed by atoms with Crippen LogP contribution in [0, 0.1) is 5.82 Å². The van der Waals surface area contributed by atoms with Crippen molar-refractivity contribution in [3.8, 4) is 0 Å². The molecule has 0 aliphatic rings. The highest BCUT2D eigenvalue weighted by Gasteiger charge is 2.10. The van der Waals surface area contributed by atoms with Gasteiger partial charge in [0, 0.05) is 6.04 Å². The fraction of sp³-hybridized carbons (Fsp3) is 0.455. The zero-order valence-corrected chi connectivity index (χ0v) is 8.18. The van der Waals surface area contributed by atoms with E-state index in [0.29, 0.717) is 6.42 Å². The number of rotatable bonds is 3. The Hall–Kier alpha value is -0.890. The molecular weight excluding hydrogens is 165 g/mol. The van der Waals surface area contributed by atoms with Crippen LogP contribution in [0.5, 0.6) is 0 Å². The summed E-state index contributed by atoms with van der Waals surface area (Å²) in [5.41, 5.74) is 7.58. The van der Waals surface area contributed by atoms with Crippen molar-refractivity contribution in [3.63, 3.8) is 0 Å². The summed E-state index contributed by atoms with van der Waals surface area (Å²) in [6.45, 7) is 3.96. The lowest BCUT2D eigenvalue weighted by Crippen LogP contribution is -2.12. The molecule has 0 saturated carbocycles. The molecule has 2 heteroatoms. The second-order valence-corrected chi connectivity index (χ2v) is 3.18. The van der Waals surface area contributed by atoms with Gasteiger partial charge in [0.2, 0.25) is 0 Å². The maximum absolute atomic E-state index is 13.3. The van der Waals surface area contributed by atoms with Crippen molar-refractivity contribution in [2.45, 2.75) is 32.7 Å². The Morgan fingerprint density at radius 3 is 2.62 bits per heavy atom. The quantitative estimate of drug-likeness (QED) is 0.762. The Labute approximate surface area is 78.8 Å². The summed E-state index contributed by atoms with van der Waals surface area (Å²) in [7, 11) is 0. The first-order valence-corrected chi connectivity index (χ1v) is 4.73. The highest BCUT2D eigenvalue weighted by atomic mass is 19.1. The Morgan fingerprint density at radius 2 is 2.08 bits per heavy atom. The third-order valence-corrected chi connectivity index (χ3v) is 2.35. The first-order valence-electron chi connectivity index (χ1n) is 4.73. The summed E-state index contributed by atoms with van der Waals surface area (Å²) in [5, 5.41) is 0. The van der Waals surface area contributed by atoms with Crippen molar-refractivity contribution >= 4 is 0 Å². The molecule has 0 spiro atoms. The van der Waals surface area contributed by atoms with E-state index in [4.69, 9.17) is 5.73 Å². The Bertz CT molecular complexity index is 283. The van der Waals surface area contributed by atoms with Crippen molar-refractivity contribution < 1.29 is 4.39 Å². The number of hydrogen-bond donors (Lipinski definition) is 1. The normalized spacial score (nSPS) is 12.9. The molecule has 1 aromatic rings. The summed E-state index contributed by atoms with van der Waals surface area (Å²) in [6.07, 6.45) is 1.55. The van der Waals surface area contributed by atoms with Crippen molar-refractivity contribution in [3.05, 3.63) is 35.1 Å². The Balaban J connectivity index is 3.12. The predicted molar refractivity (Wildman–Crippen MR) is 53.0 cm³/mol. The molecule has 1 rings (SSSR count). The minimum atomic E-state index is -0.135. The molecule has 0 fully saturated rings. The monoisotopic (exact) mass is 181 g/mol. The smallest absolute Gasteiger partial charge is 0.126 e. The van der Waals surface area contributed by atoms with Gasteiger partial charge < -0.3 is 5.73 Å². The van der Waals surface area contributed by atoms with E-state index in [1.54, 1.807) is 6.07 Å². The lowest BCUT2D eigenvalue weighted by atomic mass is 9.97. The van der Waals surface area contributed by atoms with Gasteiger partial charge in [-0.2, -0.15) is 0 Å². The molecule has 13 heavy (non-hydrogen) atoms. The van der Waals surface area contributed by atoms with Gasteiger partial charge in [0.15, 0.2) is 0 Å². The number of halogens is 1. The second-order valence-electron chi connectivity index (χ2n) is 3.18. The maximum atomic E-state index is 13.3. The van der Waals surface area contributed by atoms with E-state index in [0.717, 1.165) is 17.5 Å². The van der Waals surface area contributed by atoms with E-state index < -0.39 is 0 Å². The average molecular weight is 181 g/mol. The summed E-state index contributed by atoms with van der Waals surface area (Å²) >= 11 is 0. The third kappa shape index (κ3) is 2.07. The molecule has 1 atom stereocenters. The van der Waals surface area contributed by atoms with Crippen LogP contribution in [0.4, 0.5) is 4.39 Å². The molecule has 0 aliphatic heterocycles. The minimum Gasteiger partial charge on any atom is -0.324 e. The molecule has 0 bridgehead atoms. The maximum Gasteiger partial charge on any atom is 0.126 e. The van der Waals surface area contributed by atoms with Crippen LogP contribution >= 0.6 is 0 Å². The molecule has 0 aromatic heterocycles. The van der Waals surface area contributed by atoms with E-state index in [2.05, 4.69) is 0 Å².